The molecular formula is C45H26N4O. The zero-order valence-electron chi connectivity index (χ0n) is 26.7. The second-order valence-electron chi connectivity index (χ2n) is 12.8. The first kappa shape index (κ1) is 27.1. The molecular weight excluding hydrogens is 613 g/mol. The summed E-state index contributed by atoms with van der Waals surface area (Å²) < 4.78 is 9.02. The van der Waals surface area contributed by atoms with Gasteiger partial charge in [0.05, 0.1) is 16.6 Å². The number of fused-ring (bicyclic) bond motifs is 10. The summed E-state index contributed by atoms with van der Waals surface area (Å²) in [4.78, 5) is 14.9. The molecule has 0 atom stereocenters. The Hall–Kier alpha value is -6.85. The van der Waals surface area contributed by atoms with Gasteiger partial charge in [-0.05, 0) is 41.5 Å². The van der Waals surface area contributed by atoms with Crippen molar-refractivity contribution in [2.45, 2.75) is 0 Å². The number of hydrogen-bond donors (Lipinski definition) is 0. The number of nitrogens with zero attached hydrogens (tertiary/aromatic N) is 4. The number of rotatable bonds is 4. The molecule has 50 heavy (non-hydrogen) atoms. The molecule has 0 unspecified atom stereocenters. The summed E-state index contributed by atoms with van der Waals surface area (Å²) >= 11 is 0. The van der Waals surface area contributed by atoms with Crippen LogP contribution in [0.25, 0.3) is 105 Å². The summed E-state index contributed by atoms with van der Waals surface area (Å²) in [5.41, 5.74) is 10.4. The van der Waals surface area contributed by atoms with Crippen LogP contribution in [0.2, 0.25) is 0 Å². The van der Waals surface area contributed by atoms with E-state index in [1.807, 2.05) is 60.7 Å². The standard InChI is InChI=1S/C45H26N4O/c1-3-12-27(13-4-1)43-46-44(28-14-5-2-6-15-28)48-45(47-43)30-17-9-16-29(26-30)31-19-11-23-37-40(31)41-38(50-37)25-24-36-39(41)34-21-10-20-33-32-18-7-8-22-35(32)49(36)42(33)34/h1-26H. The molecule has 0 fully saturated rings. The maximum Gasteiger partial charge on any atom is 0.164 e. The SMILES string of the molecule is c1ccc(-c2nc(-c3ccccc3)nc(-c3cccc(-c4cccc5oc6ccc7c(c8cccc9c%10ccccc%10n7c98)c6c45)c3)n2)cc1. The molecule has 0 saturated heterocycles. The van der Waals surface area contributed by atoms with Crippen LogP contribution in [0, 0.1) is 0 Å². The largest absolute Gasteiger partial charge is 0.456 e. The monoisotopic (exact) mass is 638 g/mol. The van der Waals surface area contributed by atoms with Gasteiger partial charge in [-0.1, -0.05) is 127 Å². The fraction of sp³-hybridized carbons (Fsp3) is 0. The van der Waals surface area contributed by atoms with E-state index in [1.165, 1.54) is 38.1 Å². The average Bonchev–Trinajstić information content (AvgIpc) is 3.85. The number of aromatic nitrogens is 4. The molecule has 4 aromatic heterocycles. The molecule has 0 aliphatic carbocycles. The summed E-state index contributed by atoms with van der Waals surface area (Å²) in [5.74, 6) is 1.91. The fourth-order valence-electron chi connectivity index (χ4n) is 7.83. The Kier molecular flexibility index (Phi) is 5.60. The fourth-order valence-corrected chi connectivity index (χ4v) is 7.83. The van der Waals surface area contributed by atoms with Crippen molar-refractivity contribution in [1.82, 2.24) is 19.4 Å². The highest BCUT2D eigenvalue weighted by Gasteiger charge is 2.23. The van der Waals surface area contributed by atoms with Gasteiger partial charge in [0, 0.05) is 49.0 Å². The maximum atomic E-state index is 6.60. The van der Waals surface area contributed by atoms with Crippen molar-refractivity contribution in [3.8, 4) is 45.3 Å². The first-order valence-corrected chi connectivity index (χ1v) is 16.8. The van der Waals surface area contributed by atoms with E-state index in [-0.39, 0.29) is 0 Å². The molecule has 4 heterocycles. The Morgan fingerprint density at radius 2 is 0.960 bits per heavy atom. The second-order valence-corrected chi connectivity index (χ2v) is 12.8. The molecule has 0 spiro atoms. The highest BCUT2D eigenvalue weighted by molar-refractivity contribution is 6.33. The van der Waals surface area contributed by atoms with E-state index in [4.69, 9.17) is 19.4 Å². The third-order valence-electron chi connectivity index (χ3n) is 9.98. The Morgan fingerprint density at radius 3 is 1.74 bits per heavy atom. The van der Waals surface area contributed by atoms with E-state index >= 15 is 0 Å². The minimum atomic E-state index is 0.627. The Morgan fingerprint density at radius 1 is 0.380 bits per heavy atom. The van der Waals surface area contributed by atoms with Gasteiger partial charge in [0.25, 0.3) is 0 Å². The molecule has 0 aliphatic heterocycles. The van der Waals surface area contributed by atoms with Gasteiger partial charge in [0.1, 0.15) is 11.2 Å². The van der Waals surface area contributed by atoms with Gasteiger partial charge in [0.15, 0.2) is 17.5 Å². The Balaban J connectivity index is 1.16. The zero-order chi connectivity index (χ0) is 32.8. The van der Waals surface area contributed by atoms with Crippen LogP contribution in [0.4, 0.5) is 0 Å². The van der Waals surface area contributed by atoms with Crippen molar-refractivity contribution in [1.29, 1.82) is 0 Å². The van der Waals surface area contributed by atoms with Gasteiger partial charge in [-0.25, -0.2) is 15.0 Å². The number of para-hydroxylation sites is 2. The van der Waals surface area contributed by atoms with Crippen molar-refractivity contribution in [2.75, 3.05) is 0 Å². The lowest BCUT2D eigenvalue weighted by atomic mass is 9.96. The van der Waals surface area contributed by atoms with Crippen molar-refractivity contribution < 1.29 is 4.42 Å². The predicted molar refractivity (Wildman–Crippen MR) is 204 cm³/mol. The van der Waals surface area contributed by atoms with Gasteiger partial charge in [-0.3, -0.25) is 0 Å². The first-order chi connectivity index (χ1) is 24.8. The van der Waals surface area contributed by atoms with Gasteiger partial charge in [-0.15, -0.1) is 0 Å². The highest BCUT2D eigenvalue weighted by atomic mass is 16.3. The highest BCUT2D eigenvalue weighted by Crippen LogP contribution is 2.46. The van der Waals surface area contributed by atoms with Gasteiger partial charge in [-0.2, -0.15) is 0 Å². The summed E-state index contributed by atoms with van der Waals surface area (Å²) in [6, 6.07) is 54.7. The lowest BCUT2D eigenvalue weighted by Gasteiger charge is -2.10. The molecule has 0 amide bonds. The smallest absolute Gasteiger partial charge is 0.164 e. The quantitative estimate of drug-likeness (QED) is 0.192. The third kappa shape index (κ3) is 3.86. The van der Waals surface area contributed by atoms with Crippen molar-refractivity contribution in [3.05, 3.63) is 158 Å². The van der Waals surface area contributed by atoms with E-state index in [9.17, 15) is 0 Å². The maximum absolute atomic E-state index is 6.60. The summed E-state index contributed by atoms with van der Waals surface area (Å²) in [7, 11) is 0. The molecule has 0 saturated carbocycles. The zero-order valence-corrected chi connectivity index (χ0v) is 26.7. The third-order valence-corrected chi connectivity index (χ3v) is 9.98. The van der Waals surface area contributed by atoms with Gasteiger partial charge >= 0.3 is 0 Å². The van der Waals surface area contributed by atoms with E-state index in [1.54, 1.807) is 0 Å². The molecule has 5 nitrogen and oxygen atoms in total. The molecule has 5 heteroatoms. The average molecular weight is 639 g/mol. The number of hydrogen-bond acceptors (Lipinski definition) is 4. The van der Waals surface area contributed by atoms with E-state index in [0.717, 1.165) is 49.8 Å². The van der Waals surface area contributed by atoms with Crippen LogP contribution in [0.1, 0.15) is 0 Å². The topological polar surface area (TPSA) is 56.2 Å². The van der Waals surface area contributed by atoms with Crippen LogP contribution in [-0.4, -0.2) is 19.4 Å². The van der Waals surface area contributed by atoms with E-state index < -0.39 is 0 Å². The van der Waals surface area contributed by atoms with Crippen LogP contribution in [0.15, 0.2) is 162 Å². The molecule has 232 valence electrons. The Labute approximate surface area is 286 Å². The van der Waals surface area contributed by atoms with Crippen LogP contribution < -0.4 is 0 Å². The van der Waals surface area contributed by atoms with Crippen LogP contribution in [-0.2, 0) is 0 Å². The lowest BCUT2D eigenvalue weighted by molar-refractivity contribution is 0.669. The van der Waals surface area contributed by atoms with E-state index in [2.05, 4.69) is 101 Å². The summed E-state index contributed by atoms with van der Waals surface area (Å²) in [5, 5.41) is 7.23. The first-order valence-electron chi connectivity index (χ1n) is 16.8. The molecule has 7 aromatic carbocycles. The summed E-state index contributed by atoms with van der Waals surface area (Å²) in [6.45, 7) is 0. The molecule has 11 rings (SSSR count). The minimum absolute atomic E-state index is 0.627. The molecule has 0 radical (unpaired) electrons. The molecule has 0 aliphatic rings. The van der Waals surface area contributed by atoms with Gasteiger partial charge in [0.2, 0.25) is 0 Å². The minimum Gasteiger partial charge on any atom is -0.456 e. The van der Waals surface area contributed by atoms with Crippen LogP contribution >= 0.6 is 0 Å². The normalized spacial score (nSPS) is 12.0. The van der Waals surface area contributed by atoms with Crippen LogP contribution in [0.3, 0.4) is 0 Å². The van der Waals surface area contributed by atoms with E-state index in [0.29, 0.717) is 17.5 Å². The van der Waals surface area contributed by atoms with Crippen LogP contribution in [0.5, 0.6) is 0 Å². The van der Waals surface area contributed by atoms with Crippen molar-refractivity contribution >= 4 is 60.0 Å². The summed E-state index contributed by atoms with van der Waals surface area (Å²) in [6.07, 6.45) is 0. The van der Waals surface area contributed by atoms with Crippen molar-refractivity contribution in [2.24, 2.45) is 0 Å². The van der Waals surface area contributed by atoms with Crippen molar-refractivity contribution in [3.63, 3.8) is 0 Å². The molecule has 11 aromatic rings. The number of furan rings is 1. The predicted octanol–water partition coefficient (Wildman–Crippen LogP) is 11.6. The Bertz CT molecular complexity index is 3030. The second kappa shape index (κ2) is 10.3. The number of benzene rings is 7. The lowest BCUT2D eigenvalue weighted by Crippen LogP contribution is -2.00. The molecule has 0 bridgehead atoms. The van der Waals surface area contributed by atoms with Gasteiger partial charge < -0.3 is 8.82 Å². The molecule has 0 N–H and O–H groups in total.